The van der Waals surface area contributed by atoms with Gasteiger partial charge >= 0.3 is 5.97 Å². The third-order valence-corrected chi connectivity index (χ3v) is 3.23. The first kappa shape index (κ1) is 7.75. The van der Waals surface area contributed by atoms with Gasteiger partial charge < -0.3 is 5.11 Å². The second kappa shape index (κ2) is 2.72. The number of hydrogen-bond donors (Lipinski definition) is 1. The molecule has 1 N–H and O–H groups in total. The summed E-state index contributed by atoms with van der Waals surface area (Å²) in [5.74, 6) is -0.862. The van der Waals surface area contributed by atoms with Crippen LogP contribution in [0.4, 0.5) is 0 Å². The zero-order valence-corrected chi connectivity index (χ0v) is 7.62. The lowest BCUT2D eigenvalue weighted by atomic mass is 10.2. The number of thiophene rings is 1. The van der Waals surface area contributed by atoms with Crippen molar-refractivity contribution in [3.05, 3.63) is 20.3 Å². The van der Waals surface area contributed by atoms with Gasteiger partial charge in [-0.05, 0) is 28.4 Å². The van der Waals surface area contributed by atoms with Crippen LogP contribution in [0, 0.1) is 6.92 Å². The van der Waals surface area contributed by atoms with E-state index in [0.717, 1.165) is 9.35 Å². The first-order valence-corrected chi connectivity index (χ1v) is 4.27. The van der Waals surface area contributed by atoms with Crippen molar-refractivity contribution in [2.75, 3.05) is 0 Å². The van der Waals surface area contributed by atoms with Crippen LogP contribution in [-0.4, -0.2) is 11.1 Å². The van der Waals surface area contributed by atoms with Crippen molar-refractivity contribution in [2.45, 2.75) is 6.92 Å². The zero-order chi connectivity index (χ0) is 7.72. The Morgan fingerprint density at radius 1 is 1.80 bits per heavy atom. The van der Waals surface area contributed by atoms with E-state index in [-0.39, 0.29) is 0 Å². The highest BCUT2D eigenvalue weighted by Gasteiger charge is 2.10. The molecule has 0 unspecified atom stereocenters. The SMILES string of the molecule is Cc1c(C(=O)O)csc1Br. The van der Waals surface area contributed by atoms with Crippen LogP contribution < -0.4 is 0 Å². The summed E-state index contributed by atoms with van der Waals surface area (Å²) >= 11 is 4.63. The molecule has 0 fully saturated rings. The highest BCUT2D eigenvalue weighted by molar-refractivity contribution is 9.11. The molecule has 1 heterocycles. The maximum Gasteiger partial charge on any atom is 0.336 e. The molecule has 0 aliphatic rings. The average molecular weight is 221 g/mol. The van der Waals surface area contributed by atoms with E-state index in [0.29, 0.717) is 5.56 Å². The minimum absolute atomic E-state index is 0.386. The molecular weight excluding hydrogens is 216 g/mol. The summed E-state index contributed by atoms with van der Waals surface area (Å²) in [6.45, 7) is 1.78. The third-order valence-electron chi connectivity index (χ3n) is 1.21. The summed E-state index contributed by atoms with van der Waals surface area (Å²) in [5.41, 5.74) is 1.19. The Balaban J connectivity index is 3.17. The number of rotatable bonds is 1. The van der Waals surface area contributed by atoms with Gasteiger partial charge in [-0.1, -0.05) is 0 Å². The molecule has 0 saturated heterocycles. The minimum Gasteiger partial charge on any atom is -0.478 e. The first-order valence-electron chi connectivity index (χ1n) is 2.60. The molecule has 1 aromatic heterocycles. The molecule has 0 aliphatic carbocycles. The predicted molar refractivity (Wildman–Crippen MR) is 43.7 cm³/mol. The molecule has 4 heteroatoms. The Morgan fingerprint density at radius 3 is 2.60 bits per heavy atom. The summed E-state index contributed by atoms with van der Waals surface area (Å²) in [6, 6.07) is 0. The lowest BCUT2D eigenvalue weighted by Gasteiger charge is -1.89. The standard InChI is InChI=1S/C6H5BrO2S/c1-3-4(6(8)9)2-10-5(3)7/h2H,1H3,(H,8,9). The fourth-order valence-corrected chi connectivity index (χ4v) is 1.88. The number of carboxylic acids is 1. The second-order valence-electron chi connectivity index (χ2n) is 1.85. The fraction of sp³-hybridized carbons (Fsp3) is 0.167. The molecule has 0 atom stereocenters. The zero-order valence-electron chi connectivity index (χ0n) is 5.22. The third kappa shape index (κ3) is 1.22. The van der Waals surface area contributed by atoms with Crippen LogP contribution in [0.25, 0.3) is 0 Å². The summed E-state index contributed by atoms with van der Waals surface area (Å²) in [5, 5.41) is 10.2. The summed E-state index contributed by atoms with van der Waals surface area (Å²) in [7, 11) is 0. The van der Waals surface area contributed by atoms with Crippen LogP contribution in [0.15, 0.2) is 9.17 Å². The summed E-state index contributed by atoms with van der Waals surface area (Å²) < 4.78 is 0.893. The molecule has 0 saturated carbocycles. The Kier molecular flexibility index (Phi) is 2.11. The highest BCUT2D eigenvalue weighted by Crippen LogP contribution is 2.26. The Bertz CT molecular complexity index is 267. The molecule has 0 amide bonds. The molecule has 0 spiro atoms. The van der Waals surface area contributed by atoms with Gasteiger partial charge in [0.15, 0.2) is 0 Å². The van der Waals surface area contributed by atoms with E-state index in [1.54, 1.807) is 12.3 Å². The van der Waals surface area contributed by atoms with Crippen LogP contribution in [0.1, 0.15) is 15.9 Å². The van der Waals surface area contributed by atoms with Gasteiger partial charge in [0.25, 0.3) is 0 Å². The van der Waals surface area contributed by atoms with Crippen LogP contribution in [0.2, 0.25) is 0 Å². The number of aromatic carboxylic acids is 1. The summed E-state index contributed by atoms with van der Waals surface area (Å²) in [6.07, 6.45) is 0. The minimum atomic E-state index is -0.862. The number of carboxylic acid groups (broad SMARTS) is 1. The molecule has 54 valence electrons. The largest absolute Gasteiger partial charge is 0.478 e. The molecule has 0 radical (unpaired) electrons. The number of halogens is 1. The predicted octanol–water partition coefficient (Wildman–Crippen LogP) is 2.52. The van der Waals surface area contributed by atoms with E-state index in [9.17, 15) is 4.79 Å². The van der Waals surface area contributed by atoms with Crippen LogP contribution >= 0.6 is 27.3 Å². The Hall–Kier alpha value is -0.350. The van der Waals surface area contributed by atoms with Gasteiger partial charge in [-0.3, -0.25) is 0 Å². The van der Waals surface area contributed by atoms with Gasteiger partial charge in [0.05, 0.1) is 9.35 Å². The molecule has 0 aromatic carbocycles. The molecule has 1 aromatic rings. The molecular formula is C6H5BrO2S. The van der Waals surface area contributed by atoms with Gasteiger partial charge in [-0.25, -0.2) is 4.79 Å². The Labute approximate surface area is 70.6 Å². The quantitative estimate of drug-likeness (QED) is 0.790. The smallest absolute Gasteiger partial charge is 0.336 e. The van der Waals surface area contributed by atoms with Gasteiger partial charge in [0, 0.05) is 5.38 Å². The lowest BCUT2D eigenvalue weighted by molar-refractivity contribution is 0.0696. The molecule has 0 bridgehead atoms. The van der Waals surface area contributed by atoms with Crippen LogP contribution in [0.5, 0.6) is 0 Å². The number of hydrogen-bond acceptors (Lipinski definition) is 2. The highest BCUT2D eigenvalue weighted by atomic mass is 79.9. The van der Waals surface area contributed by atoms with E-state index >= 15 is 0 Å². The van der Waals surface area contributed by atoms with E-state index in [1.165, 1.54) is 11.3 Å². The van der Waals surface area contributed by atoms with Crippen LogP contribution in [0.3, 0.4) is 0 Å². The van der Waals surface area contributed by atoms with Crippen LogP contribution in [-0.2, 0) is 0 Å². The monoisotopic (exact) mass is 220 g/mol. The van der Waals surface area contributed by atoms with Gasteiger partial charge in [0.2, 0.25) is 0 Å². The van der Waals surface area contributed by atoms with E-state index in [1.807, 2.05) is 0 Å². The fourth-order valence-electron chi connectivity index (χ4n) is 0.604. The van der Waals surface area contributed by atoms with Crippen molar-refractivity contribution in [1.82, 2.24) is 0 Å². The second-order valence-corrected chi connectivity index (χ2v) is 4.05. The normalized spacial score (nSPS) is 9.80. The van der Waals surface area contributed by atoms with E-state index in [2.05, 4.69) is 15.9 Å². The molecule has 0 aliphatic heterocycles. The lowest BCUT2D eigenvalue weighted by Crippen LogP contribution is -1.95. The van der Waals surface area contributed by atoms with Crippen molar-refractivity contribution < 1.29 is 9.90 Å². The summed E-state index contributed by atoms with van der Waals surface area (Å²) in [4.78, 5) is 10.4. The van der Waals surface area contributed by atoms with Crippen molar-refractivity contribution >= 4 is 33.2 Å². The van der Waals surface area contributed by atoms with Crippen molar-refractivity contribution in [3.8, 4) is 0 Å². The molecule has 2 nitrogen and oxygen atoms in total. The Morgan fingerprint density at radius 2 is 2.40 bits per heavy atom. The maximum absolute atomic E-state index is 10.4. The van der Waals surface area contributed by atoms with Crippen molar-refractivity contribution in [1.29, 1.82) is 0 Å². The maximum atomic E-state index is 10.4. The molecule has 10 heavy (non-hydrogen) atoms. The number of carbonyl (C=O) groups is 1. The van der Waals surface area contributed by atoms with E-state index in [4.69, 9.17) is 5.11 Å². The topological polar surface area (TPSA) is 37.3 Å². The van der Waals surface area contributed by atoms with Crippen molar-refractivity contribution in [2.24, 2.45) is 0 Å². The first-order chi connectivity index (χ1) is 4.63. The van der Waals surface area contributed by atoms with Gasteiger partial charge in [-0.2, -0.15) is 0 Å². The van der Waals surface area contributed by atoms with Gasteiger partial charge in [0.1, 0.15) is 0 Å². The van der Waals surface area contributed by atoms with Crippen molar-refractivity contribution in [3.63, 3.8) is 0 Å². The van der Waals surface area contributed by atoms with E-state index < -0.39 is 5.97 Å². The van der Waals surface area contributed by atoms with Gasteiger partial charge in [-0.15, -0.1) is 11.3 Å². The molecule has 1 rings (SSSR count). The average Bonchev–Trinajstić information content (AvgIpc) is 2.14.